The maximum atomic E-state index is 13.2. The van der Waals surface area contributed by atoms with Gasteiger partial charge < -0.3 is 19.5 Å². The van der Waals surface area contributed by atoms with Crippen LogP contribution >= 0.6 is 0 Å². The van der Waals surface area contributed by atoms with Gasteiger partial charge in [0.15, 0.2) is 17.3 Å². The van der Waals surface area contributed by atoms with Crippen molar-refractivity contribution in [1.82, 2.24) is 5.32 Å². The molecule has 0 saturated heterocycles. The molecule has 1 aliphatic heterocycles. The van der Waals surface area contributed by atoms with Crippen molar-refractivity contribution in [3.8, 4) is 11.5 Å². The van der Waals surface area contributed by atoms with Gasteiger partial charge in [-0.3, -0.25) is 14.4 Å². The number of benzene rings is 1. The monoisotopic (exact) mass is 373 g/mol. The van der Waals surface area contributed by atoms with Crippen molar-refractivity contribution in [3.05, 3.63) is 35.0 Å². The first-order valence-electron chi connectivity index (χ1n) is 8.78. The predicted molar refractivity (Wildman–Crippen MR) is 96.4 cm³/mol. The molecule has 27 heavy (non-hydrogen) atoms. The number of carbonyl (C=O) groups excluding carboxylic acids is 3. The lowest BCUT2D eigenvalue weighted by Crippen LogP contribution is -2.44. The van der Waals surface area contributed by atoms with Crippen LogP contribution < -0.4 is 14.8 Å². The SMILES string of the molecule is COC(=O)[C@H]1C(=O)C2=C(C[C@@H]1C)NC(=O)C[C@@H]2c1cccc(OC)c1OC. The third kappa shape index (κ3) is 3.18. The largest absolute Gasteiger partial charge is 0.493 e. The maximum Gasteiger partial charge on any atom is 0.316 e. The number of allylic oxidation sites excluding steroid dienone is 2. The number of esters is 1. The number of Topliss-reactive ketones (excluding diaryl/α,β-unsaturated/α-hetero) is 1. The first-order chi connectivity index (χ1) is 12.9. The van der Waals surface area contributed by atoms with Crippen molar-refractivity contribution < 1.29 is 28.6 Å². The molecule has 1 amide bonds. The lowest BCUT2D eigenvalue weighted by Gasteiger charge is -2.36. The molecule has 1 heterocycles. The van der Waals surface area contributed by atoms with Gasteiger partial charge >= 0.3 is 5.97 Å². The number of ketones is 1. The van der Waals surface area contributed by atoms with E-state index >= 15 is 0 Å². The highest BCUT2D eigenvalue weighted by Gasteiger charge is 2.46. The lowest BCUT2D eigenvalue weighted by molar-refractivity contribution is -0.151. The first-order valence-corrected chi connectivity index (χ1v) is 8.78. The van der Waals surface area contributed by atoms with Gasteiger partial charge in [-0.2, -0.15) is 0 Å². The molecule has 7 nitrogen and oxygen atoms in total. The van der Waals surface area contributed by atoms with Crippen LogP contribution in [0.3, 0.4) is 0 Å². The van der Waals surface area contributed by atoms with Gasteiger partial charge in [0.25, 0.3) is 0 Å². The van der Waals surface area contributed by atoms with E-state index in [1.807, 2.05) is 13.0 Å². The Labute approximate surface area is 157 Å². The van der Waals surface area contributed by atoms with Crippen molar-refractivity contribution in [3.63, 3.8) is 0 Å². The third-order valence-corrected chi connectivity index (χ3v) is 5.26. The van der Waals surface area contributed by atoms with Crippen LogP contribution in [0.15, 0.2) is 29.5 Å². The van der Waals surface area contributed by atoms with Gasteiger partial charge in [-0.05, 0) is 18.4 Å². The third-order valence-electron chi connectivity index (χ3n) is 5.26. The molecule has 3 rings (SSSR count). The van der Waals surface area contributed by atoms with Gasteiger partial charge in [-0.25, -0.2) is 0 Å². The highest BCUT2D eigenvalue weighted by molar-refractivity contribution is 6.11. The molecule has 1 aromatic rings. The van der Waals surface area contributed by atoms with E-state index < -0.39 is 17.8 Å². The lowest BCUT2D eigenvalue weighted by atomic mass is 9.70. The number of methoxy groups -OCH3 is 3. The zero-order valence-corrected chi connectivity index (χ0v) is 15.8. The molecule has 2 aliphatic rings. The number of hydrogen-bond acceptors (Lipinski definition) is 6. The normalized spacial score (nSPS) is 24.8. The van der Waals surface area contributed by atoms with Crippen LogP contribution in [0.5, 0.6) is 11.5 Å². The molecule has 7 heteroatoms. The van der Waals surface area contributed by atoms with Crippen LogP contribution in [0.2, 0.25) is 0 Å². The van der Waals surface area contributed by atoms with E-state index in [1.54, 1.807) is 12.1 Å². The quantitative estimate of drug-likeness (QED) is 0.641. The Kier molecular flexibility index (Phi) is 5.21. The fourth-order valence-corrected chi connectivity index (χ4v) is 4.05. The molecule has 1 aromatic carbocycles. The van der Waals surface area contributed by atoms with Crippen molar-refractivity contribution in [2.75, 3.05) is 21.3 Å². The minimum atomic E-state index is -0.872. The summed E-state index contributed by atoms with van der Waals surface area (Å²) in [5.74, 6) is -1.65. The van der Waals surface area contributed by atoms with E-state index in [-0.39, 0.29) is 24.0 Å². The molecule has 0 spiro atoms. The van der Waals surface area contributed by atoms with E-state index in [2.05, 4.69) is 5.32 Å². The molecule has 3 atom stereocenters. The smallest absolute Gasteiger partial charge is 0.316 e. The summed E-state index contributed by atoms with van der Waals surface area (Å²) in [5, 5.41) is 2.82. The summed E-state index contributed by atoms with van der Waals surface area (Å²) in [6, 6.07) is 5.35. The number of carbonyl (C=O) groups is 3. The molecule has 0 fully saturated rings. The van der Waals surface area contributed by atoms with Crippen LogP contribution in [-0.2, 0) is 19.1 Å². The summed E-state index contributed by atoms with van der Waals surface area (Å²) in [6.07, 6.45) is 0.520. The maximum absolute atomic E-state index is 13.2. The van der Waals surface area contributed by atoms with E-state index in [1.165, 1.54) is 21.3 Å². The minimum Gasteiger partial charge on any atom is -0.493 e. The standard InChI is InChI=1S/C20H23NO6/c1-10-8-13-17(18(23)16(10)20(24)27-4)12(9-15(22)21-13)11-6-5-7-14(25-2)19(11)26-3/h5-7,10,12,16H,8-9H2,1-4H3,(H,21,22)/t10-,12+,16+/m0/s1. The second-order valence-corrected chi connectivity index (χ2v) is 6.83. The number of amides is 1. The molecule has 1 N–H and O–H groups in total. The molecular formula is C20H23NO6. The van der Waals surface area contributed by atoms with E-state index in [0.29, 0.717) is 34.8 Å². The van der Waals surface area contributed by atoms with Gasteiger partial charge in [0.2, 0.25) is 5.91 Å². The van der Waals surface area contributed by atoms with E-state index in [4.69, 9.17) is 14.2 Å². The molecule has 144 valence electrons. The Bertz CT molecular complexity index is 828. The number of rotatable bonds is 4. The summed E-state index contributed by atoms with van der Waals surface area (Å²) in [5.41, 5.74) is 1.72. The van der Waals surface area contributed by atoms with E-state index in [0.717, 1.165) is 0 Å². The summed E-state index contributed by atoms with van der Waals surface area (Å²) in [6.45, 7) is 1.81. The van der Waals surface area contributed by atoms with Crippen molar-refractivity contribution in [2.24, 2.45) is 11.8 Å². The topological polar surface area (TPSA) is 90.9 Å². The van der Waals surface area contributed by atoms with Crippen LogP contribution in [0, 0.1) is 11.8 Å². The summed E-state index contributed by atoms with van der Waals surface area (Å²) < 4.78 is 15.7. The Morgan fingerprint density at radius 1 is 1.11 bits per heavy atom. The van der Waals surface area contributed by atoms with Crippen LogP contribution in [-0.4, -0.2) is 39.0 Å². The number of nitrogens with one attached hydrogen (secondary N) is 1. The Hall–Kier alpha value is -2.83. The molecule has 0 aromatic heterocycles. The molecule has 1 aliphatic carbocycles. The van der Waals surface area contributed by atoms with Gasteiger partial charge in [0.1, 0.15) is 5.92 Å². The van der Waals surface area contributed by atoms with Gasteiger partial charge in [0.05, 0.1) is 21.3 Å². The fraction of sp³-hybridized carbons (Fsp3) is 0.450. The molecule has 0 saturated carbocycles. The number of hydrogen-bond donors (Lipinski definition) is 1. The van der Waals surface area contributed by atoms with Gasteiger partial charge in [-0.15, -0.1) is 0 Å². The van der Waals surface area contributed by atoms with Crippen molar-refractivity contribution in [1.29, 1.82) is 0 Å². The fourth-order valence-electron chi connectivity index (χ4n) is 4.05. The minimum absolute atomic E-state index is 0.0936. The highest BCUT2D eigenvalue weighted by Crippen LogP contribution is 2.46. The summed E-state index contributed by atoms with van der Waals surface area (Å²) >= 11 is 0. The van der Waals surface area contributed by atoms with Crippen LogP contribution in [0.4, 0.5) is 0 Å². The second-order valence-electron chi connectivity index (χ2n) is 6.83. The Morgan fingerprint density at radius 2 is 1.85 bits per heavy atom. The average molecular weight is 373 g/mol. The van der Waals surface area contributed by atoms with Crippen LogP contribution in [0.25, 0.3) is 0 Å². The first kappa shape index (κ1) is 18.9. The summed E-state index contributed by atoms with van der Waals surface area (Å²) in [4.78, 5) is 37.7. The Morgan fingerprint density at radius 3 is 2.48 bits per heavy atom. The number of para-hydroxylation sites is 1. The molecule has 0 bridgehead atoms. The van der Waals surface area contributed by atoms with Gasteiger partial charge in [0, 0.05) is 29.2 Å². The molecular weight excluding hydrogens is 350 g/mol. The Balaban J connectivity index is 2.14. The van der Waals surface area contributed by atoms with Crippen molar-refractivity contribution >= 4 is 17.7 Å². The number of ether oxygens (including phenoxy) is 3. The zero-order chi connectivity index (χ0) is 19.7. The van der Waals surface area contributed by atoms with Crippen molar-refractivity contribution in [2.45, 2.75) is 25.7 Å². The highest BCUT2D eigenvalue weighted by atomic mass is 16.5. The van der Waals surface area contributed by atoms with Crippen LogP contribution in [0.1, 0.15) is 31.2 Å². The molecule has 0 radical (unpaired) electrons. The van der Waals surface area contributed by atoms with Gasteiger partial charge in [-0.1, -0.05) is 19.1 Å². The molecule has 0 unspecified atom stereocenters. The average Bonchev–Trinajstić information content (AvgIpc) is 2.65. The second kappa shape index (κ2) is 7.42. The summed E-state index contributed by atoms with van der Waals surface area (Å²) in [7, 11) is 4.32. The zero-order valence-electron chi connectivity index (χ0n) is 15.8. The van der Waals surface area contributed by atoms with E-state index in [9.17, 15) is 14.4 Å². The predicted octanol–water partition coefficient (Wildman–Crippen LogP) is 1.96.